The average Bonchev–Trinajstić information content (AvgIpc) is 2.97. The van der Waals surface area contributed by atoms with Gasteiger partial charge in [-0.25, -0.2) is 4.99 Å². The molecule has 1 aromatic heterocycles. The van der Waals surface area contributed by atoms with Crippen LogP contribution < -0.4 is 10.6 Å². The summed E-state index contributed by atoms with van der Waals surface area (Å²) in [5.41, 5.74) is 0. The van der Waals surface area contributed by atoms with Crippen LogP contribution in [-0.2, 0) is 11.2 Å². The van der Waals surface area contributed by atoms with E-state index in [9.17, 15) is 9.18 Å². The summed E-state index contributed by atoms with van der Waals surface area (Å²) in [5.74, 6) is 0.482. The highest BCUT2D eigenvalue weighted by Gasteiger charge is 2.04. The van der Waals surface area contributed by atoms with E-state index in [4.69, 9.17) is 0 Å². The normalized spacial score (nSPS) is 10.8. The molecule has 1 heterocycles. The Morgan fingerprint density at radius 3 is 2.68 bits per heavy atom. The zero-order valence-corrected chi connectivity index (χ0v) is 16.1. The van der Waals surface area contributed by atoms with Gasteiger partial charge < -0.3 is 15.5 Å². The van der Waals surface area contributed by atoms with Gasteiger partial charge >= 0.3 is 0 Å². The number of alkyl halides is 1. The number of hydrogen-bond acceptors (Lipinski definition) is 3. The first-order chi connectivity index (χ1) is 10.1. The van der Waals surface area contributed by atoms with Crippen molar-refractivity contribution in [3.05, 3.63) is 22.4 Å². The van der Waals surface area contributed by atoms with E-state index >= 15 is 0 Å². The van der Waals surface area contributed by atoms with Crippen LogP contribution in [0.1, 0.15) is 11.3 Å². The molecule has 1 amide bonds. The molecule has 0 bridgehead atoms. The van der Waals surface area contributed by atoms with Crippen LogP contribution in [-0.4, -0.2) is 57.2 Å². The molecule has 0 aliphatic rings. The molecule has 0 radical (unpaired) electrons. The first-order valence-corrected chi connectivity index (χ1v) is 7.82. The number of carbonyl (C=O) groups is 1. The topological polar surface area (TPSA) is 56.7 Å². The molecule has 8 heteroatoms. The summed E-state index contributed by atoms with van der Waals surface area (Å²) >= 11 is 1.71. The Bertz CT molecular complexity index is 440. The van der Waals surface area contributed by atoms with Gasteiger partial charge in [-0.15, -0.1) is 35.3 Å². The molecule has 0 unspecified atom stereocenters. The Kier molecular flexibility index (Phi) is 12.1. The van der Waals surface area contributed by atoms with E-state index in [0.717, 1.165) is 13.0 Å². The molecule has 126 valence electrons. The van der Waals surface area contributed by atoms with Crippen molar-refractivity contribution >= 4 is 47.2 Å². The zero-order valence-electron chi connectivity index (χ0n) is 13.0. The molecule has 0 aliphatic carbocycles. The van der Waals surface area contributed by atoms with Crippen LogP contribution in [0.5, 0.6) is 0 Å². The van der Waals surface area contributed by atoms with Crippen LogP contribution in [0.15, 0.2) is 22.5 Å². The number of guanidine groups is 1. The lowest BCUT2D eigenvalue weighted by molar-refractivity contribution is -0.127. The van der Waals surface area contributed by atoms with Gasteiger partial charge in [-0.2, -0.15) is 0 Å². The monoisotopic (exact) mass is 442 g/mol. The van der Waals surface area contributed by atoms with Crippen LogP contribution in [0.4, 0.5) is 4.39 Å². The largest absolute Gasteiger partial charge is 0.356 e. The molecule has 2 N–H and O–H groups in total. The number of halogens is 2. The first kappa shape index (κ1) is 21.1. The van der Waals surface area contributed by atoms with Crippen molar-refractivity contribution in [2.45, 2.75) is 12.8 Å². The van der Waals surface area contributed by atoms with E-state index in [1.807, 2.05) is 11.4 Å². The molecule has 1 aromatic rings. The summed E-state index contributed by atoms with van der Waals surface area (Å²) in [5, 5.41) is 8.23. The van der Waals surface area contributed by atoms with Gasteiger partial charge in [-0.3, -0.25) is 9.18 Å². The Labute approximate surface area is 152 Å². The maximum Gasteiger partial charge on any atom is 0.243 e. The van der Waals surface area contributed by atoms with E-state index < -0.39 is 0 Å². The highest BCUT2D eigenvalue weighted by Crippen LogP contribution is 2.07. The molecule has 1 rings (SSSR count). The van der Waals surface area contributed by atoms with Gasteiger partial charge in [-0.05, 0) is 24.3 Å². The summed E-state index contributed by atoms with van der Waals surface area (Å²) in [6.45, 7) is 0.929. The van der Waals surface area contributed by atoms with Crippen LogP contribution in [0.2, 0.25) is 0 Å². The fourth-order valence-corrected chi connectivity index (χ4v) is 2.20. The molecule has 22 heavy (non-hydrogen) atoms. The van der Waals surface area contributed by atoms with E-state index in [-0.39, 0.29) is 43.1 Å². The lowest BCUT2D eigenvalue weighted by Crippen LogP contribution is -2.40. The Morgan fingerprint density at radius 2 is 2.09 bits per heavy atom. The first-order valence-electron chi connectivity index (χ1n) is 6.94. The number of likely N-dealkylation sites (N-methyl/N-ethyl adjacent to an activating group) is 1. The van der Waals surface area contributed by atoms with Gasteiger partial charge in [0, 0.05) is 32.1 Å². The maximum absolute atomic E-state index is 12.1. The van der Waals surface area contributed by atoms with Crippen LogP contribution >= 0.6 is 35.3 Å². The third-order valence-corrected chi connectivity index (χ3v) is 3.65. The van der Waals surface area contributed by atoms with Gasteiger partial charge in [0.25, 0.3) is 0 Å². The number of aliphatic imine (C=N–C) groups is 1. The van der Waals surface area contributed by atoms with E-state index in [2.05, 4.69) is 21.7 Å². The van der Waals surface area contributed by atoms with E-state index in [1.165, 1.54) is 9.78 Å². The SMILES string of the molecule is CN(C)C(=O)CN=C(NCCCF)NCCc1cccs1.I. The van der Waals surface area contributed by atoms with Crippen LogP contribution in [0, 0.1) is 0 Å². The van der Waals surface area contributed by atoms with Crippen molar-refractivity contribution in [1.82, 2.24) is 15.5 Å². The second kappa shape index (κ2) is 12.6. The second-order valence-corrected chi connectivity index (χ2v) is 5.71. The van der Waals surface area contributed by atoms with Crippen molar-refractivity contribution in [2.24, 2.45) is 4.99 Å². The summed E-state index contributed by atoms with van der Waals surface area (Å²) in [6.07, 6.45) is 1.32. The molecule has 0 spiro atoms. The maximum atomic E-state index is 12.1. The number of carbonyl (C=O) groups excluding carboxylic acids is 1. The van der Waals surface area contributed by atoms with Gasteiger partial charge in [0.2, 0.25) is 5.91 Å². The quantitative estimate of drug-likeness (QED) is 0.280. The number of amides is 1. The van der Waals surface area contributed by atoms with Gasteiger partial charge in [-0.1, -0.05) is 6.07 Å². The average molecular weight is 442 g/mol. The predicted octanol–water partition coefficient (Wildman–Crippen LogP) is 1.89. The highest BCUT2D eigenvalue weighted by atomic mass is 127. The van der Waals surface area contributed by atoms with Crippen LogP contribution in [0.3, 0.4) is 0 Å². The predicted molar refractivity (Wildman–Crippen MR) is 101 cm³/mol. The molecular weight excluding hydrogens is 418 g/mol. The second-order valence-electron chi connectivity index (χ2n) is 4.68. The molecule has 0 atom stereocenters. The summed E-state index contributed by atoms with van der Waals surface area (Å²) in [6, 6.07) is 4.10. The minimum Gasteiger partial charge on any atom is -0.356 e. The number of hydrogen-bond donors (Lipinski definition) is 2. The molecule has 0 fully saturated rings. The van der Waals surface area contributed by atoms with Gasteiger partial charge in [0.05, 0.1) is 6.67 Å². The van der Waals surface area contributed by atoms with Gasteiger partial charge in [0.15, 0.2) is 5.96 Å². The van der Waals surface area contributed by atoms with Gasteiger partial charge in [0.1, 0.15) is 6.54 Å². The minimum absolute atomic E-state index is 0. The fourth-order valence-electron chi connectivity index (χ4n) is 1.49. The number of nitrogens with one attached hydrogen (secondary N) is 2. The number of rotatable bonds is 8. The van der Waals surface area contributed by atoms with Crippen molar-refractivity contribution in [3.63, 3.8) is 0 Å². The van der Waals surface area contributed by atoms with Crippen molar-refractivity contribution in [3.8, 4) is 0 Å². The smallest absolute Gasteiger partial charge is 0.243 e. The van der Waals surface area contributed by atoms with E-state index in [1.54, 1.807) is 25.4 Å². The third-order valence-electron chi connectivity index (χ3n) is 2.72. The lowest BCUT2D eigenvalue weighted by atomic mass is 10.3. The van der Waals surface area contributed by atoms with E-state index in [0.29, 0.717) is 18.9 Å². The molecule has 5 nitrogen and oxygen atoms in total. The molecule has 0 saturated heterocycles. The zero-order chi connectivity index (χ0) is 15.5. The number of thiophene rings is 1. The molecular formula is C14H24FIN4OS. The Hall–Kier alpha value is -0.900. The lowest BCUT2D eigenvalue weighted by Gasteiger charge is -2.13. The Morgan fingerprint density at radius 1 is 1.36 bits per heavy atom. The minimum atomic E-state index is -0.369. The molecule has 0 aromatic carbocycles. The van der Waals surface area contributed by atoms with Crippen molar-refractivity contribution < 1.29 is 9.18 Å². The Balaban J connectivity index is 0.00000441. The fraction of sp³-hybridized carbons (Fsp3) is 0.571. The standard InChI is InChI=1S/C14H23FN4OS.HI/c1-19(2)13(20)11-18-14(16-8-4-7-15)17-9-6-12-5-3-10-21-12;/h3,5,10H,4,6-9,11H2,1-2H3,(H2,16,17,18);1H. The third kappa shape index (κ3) is 9.19. The van der Waals surface area contributed by atoms with Crippen molar-refractivity contribution in [2.75, 3.05) is 40.4 Å². The molecule has 0 saturated carbocycles. The highest BCUT2D eigenvalue weighted by molar-refractivity contribution is 14.0. The summed E-state index contributed by atoms with van der Waals surface area (Å²) in [4.78, 5) is 18.5. The van der Waals surface area contributed by atoms with Crippen molar-refractivity contribution in [1.29, 1.82) is 0 Å². The summed E-state index contributed by atoms with van der Waals surface area (Å²) in [7, 11) is 3.39. The summed E-state index contributed by atoms with van der Waals surface area (Å²) < 4.78 is 12.1. The van der Waals surface area contributed by atoms with Crippen LogP contribution in [0.25, 0.3) is 0 Å². The number of nitrogens with zero attached hydrogens (tertiary/aromatic N) is 2. The molecule has 0 aliphatic heterocycles.